The molecule has 0 spiro atoms. The monoisotopic (exact) mass is 291 g/mol. The zero-order chi connectivity index (χ0) is 15.0. The second-order valence-corrected chi connectivity index (χ2v) is 5.56. The standard InChI is InChI=1S/C15H18FN3O2/c16-12-4-3-10(11(6-12)7-17)8-18-9-14(20)19-5-1-2-13(19)15(18)21/h3-4,6,13H,1-2,5,7-9,17H2. The third-order valence-corrected chi connectivity index (χ3v) is 4.25. The van der Waals surface area contributed by atoms with E-state index in [0.29, 0.717) is 18.7 Å². The lowest BCUT2D eigenvalue weighted by atomic mass is 10.0. The highest BCUT2D eigenvalue weighted by atomic mass is 19.1. The van der Waals surface area contributed by atoms with Gasteiger partial charge in [0, 0.05) is 19.6 Å². The summed E-state index contributed by atoms with van der Waals surface area (Å²) in [6.45, 7) is 1.28. The zero-order valence-electron chi connectivity index (χ0n) is 11.7. The van der Waals surface area contributed by atoms with Crippen LogP contribution in [-0.4, -0.2) is 40.7 Å². The Balaban J connectivity index is 1.81. The molecule has 2 saturated heterocycles. The van der Waals surface area contributed by atoms with Crippen molar-refractivity contribution in [1.29, 1.82) is 0 Å². The van der Waals surface area contributed by atoms with Crippen molar-refractivity contribution in [2.24, 2.45) is 5.73 Å². The van der Waals surface area contributed by atoms with Crippen molar-refractivity contribution in [3.63, 3.8) is 0 Å². The number of benzene rings is 1. The summed E-state index contributed by atoms with van der Waals surface area (Å²) in [5.74, 6) is -0.366. The molecule has 112 valence electrons. The minimum Gasteiger partial charge on any atom is -0.329 e. The predicted molar refractivity (Wildman–Crippen MR) is 74.4 cm³/mol. The van der Waals surface area contributed by atoms with Crippen LogP contribution in [0.3, 0.4) is 0 Å². The molecule has 3 rings (SSSR count). The zero-order valence-corrected chi connectivity index (χ0v) is 11.7. The van der Waals surface area contributed by atoms with Crippen molar-refractivity contribution in [3.8, 4) is 0 Å². The van der Waals surface area contributed by atoms with Crippen LogP contribution in [-0.2, 0) is 22.7 Å². The summed E-state index contributed by atoms with van der Waals surface area (Å²) in [5.41, 5.74) is 7.09. The van der Waals surface area contributed by atoms with Crippen molar-refractivity contribution in [2.45, 2.75) is 32.0 Å². The first-order valence-corrected chi connectivity index (χ1v) is 7.16. The minimum absolute atomic E-state index is 0.00601. The Hall–Kier alpha value is -1.95. The lowest BCUT2D eigenvalue weighted by Gasteiger charge is -2.36. The molecule has 2 aliphatic rings. The van der Waals surface area contributed by atoms with Crippen LogP contribution in [0.1, 0.15) is 24.0 Å². The van der Waals surface area contributed by atoms with Crippen molar-refractivity contribution in [3.05, 3.63) is 35.1 Å². The average molecular weight is 291 g/mol. The summed E-state index contributed by atoms with van der Waals surface area (Å²) in [6, 6.07) is 4.06. The second-order valence-electron chi connectivity index (χ2n) is 5.56. The van der Waals surface area contributed by atoms with E-state index in [4.69, 9.17) is 5.73 Å². The summed E-state index contributed by atoms with van der Waals surface area (Å²) in [7, 11) is 0. The van der Waals surface area contributed by atoms with Gasteiger partial charge in [0.05, 0.1) is 0 Å². The number of rotatable bonds is 3. The molecular formula is C15H18FN3O2. The van der Waals surface area contributed by atoms with Gasteiger partial charge in [-0.1, -0.05) is 6.07 Å². The fraction of sp³-hybridized carbons (Fsp3) is 0.467. The number of piperazine rings is 1. The summed E-state index contributed by atoms with van der Waals surface area (Å²) < 4.78 is 13.2. The van der Waals surface area contributed by atoms with Gasteiger partial charge in [0.15, 0.2) is 0 Å². The number of halogens is 1. The van der Waals surface area contributed by atoms with Gasteiger partial charge in [0.25, 0.3) is 0 Å². The number of carbonyl (C=O) groups excluding carboxylic acids is 2. The molecule has 0 saturated carbocycles. The van der Waals surface area contributed by atoms with E-state index in [0.717, 1.165) is 18.4 Å². The molecule has 1 unspecified atom stereocenters. The number of hydrogen-bond donors (Lipinski definition) is 1. The van der Waals surface area contributed by atoms with Gasteiger partial charge in [-0.05, 0) is 36.1 Å². The molecule has 2 amide bonds. The van der Waals surface area contributed by atoms with E-state index in [1.807, 2.05) is 0 Å². The fourth-order valence-corrected chi connectivity index (χ4v) is 3.14. The molecule has 2 N–H and O–H groups in total. The molecule has 0 aliphatic carbocycles. The SMILES string of the molecule is NCc1cc(F)ccc1CN1CC(=O)N2CCCC2C1=O. The molecule has 21 heavy (non-hydrogen) atoms. The average Bonchev–Trinajstić information content (AvgIpc) is 2.96. The third kappa shape index (κ3) is 2.51. The Kier molecular flexibility index (Phi) is 3.63. The maximum absolute atomic E-state index is 13.2. The van der Waals surface area contributed by atoms with Crippen LogP contribution in [0.15, 0.2) is 18.2 Å². The molecular weight excluding hydrogens is 273 g/mol. The van der Waals surface area contributed by atoms with E-state index in [1.54, 1.807) is 15.9 Å². The normalized spacial score (nSPS) is 21.9. The fourth-order valence-electron chi connectivity index (χ4n) is 3.14. The Morgan fingerprint density at radius 3 is 2.86 bits per heavy atom. The predicted octanol–water partition coefficient (Wildman–Crippen LogP) is 0.618. The first kappa shape index (κ1) is 14.0. The minimum atomic E-state index is -0.345. The van der Waals surface area contributed by atoms with Crippen molar-refractivity contribution >= 4 is 11.8 Å². The van der Waals surface area contributed by atoms with Gasteiger partial charge < -0.3 is 15.5 Å². The highest BCUT2D eigenvalue weighted by Gasteiger charge is 2.41. The van der Waals surface area contributed by atoms with Crippen molar-refractivity contribution in [2.75, 3.05) is 13.1 Å². The molecule has 1 atom stereocenters. The van der Waals surface area contributed by atoms with Crippen LogP contribution >= 0.6 is 0 Å². The van der Waals surface area contributed by atoms with Gasteiger partial charge in [0.2, 0.25) is 11.8 Å². The number of carbonyl (C=O) groups is 2. The van der Waals surface area contributed by atoms with Crippen LogP contribution in [0.5, 0.6) is 0 Å². The Morgan fingerprint density at radius 2 is 2.10 bits per heavy atom. The molecule has 0 bridgehead atoms. The van der Waals surface area contributed by atoms with Crippen LogP contribution in [0, 0.1) is 5.82 Å². The van der Waals surface area contributed by atoms with Crippen LogP contribution in [0.4, 0.5) is 4.39 Å². The summed E-state index contributed by atoms with van der Waals surface area (Å²) in [6.07, 6.45) is 1.61. The second kappa shape index (κ2) is 5.44. The van der Waals surface area contributed by atoms with Crippen LogP contribution in [0.2, 0.25) is 0 Å². The van der Waals surface area contributed by atoms with E-state index in [1.165, 1.54) is 12.1 Å². The van der Waals surface area contributed by atoms with Gasteiger partial charge in [0.1, 0.15) is 18.4 Å². The van der Waals surface area contributed by atoms with Gasteiger partial charge >= 0.3 is 0 Å². The Morgan fingerprint density at radius 1 is 1.29 bits per heavy atom. The molecule has 5 nitrogen and oxygen atoms in total. The van der Waals surface area contributed by atoms with Gasteiger partial charge in [-0.2, -0.15) is 0 Å². The molecule has 2 fully saturated rings. The maximum atomic E-state index is 13.2. The molecule has 2 aliphatic heterocycles. The summed E-state index contributed by atoms with van der Waals surface area (Å²) in [4.78, 5) is 27.8. The molecule has 1 aromatic carbocycles. The van der Waals surface area contributed by atoms with E-state index in [2.05, 4.69) is 0 Å². The van der Waals surface area contributed by atoms with Crippen molar-refractivity contribution < 1.29 is 14.0 Å². The van der Waals surface area contributed by atoms with Gasteiger partial charge in [-0.15, -0.1) is 0 Å². The number of amides is 2. The third-order valence-electron chi connectivity index (χ3n) is 4.25. The van der Waals surface area contributed by atoms with Gasteiger partial charge in [-0.3, -0.25) is 9.59 Å². The molecule has 6 heteroatoms. The summed E-state index contributed by atoms with van der Waals surface area (Å²) >= 11 is 0. The van der Waals surface area contributed by atoms with E-state index < -0.39 is 0 Å². The Bertz CT molecular complexity index is 590. The Labute approximate surface area is 122 Å². The number of nitrogens with zero attached hydrogens (tertiary/aromatic N) is 2. The van der Waals surface area contributed by atoms with Gasteiger partial charge in [-0.25, -0.2) is 4.39 Å². The first-order valence-electron chi connectivity index (χ1n) is 7.16. The number of hydrogen-bond acceptors (Lipinski definition) is 3. The first-order chi connectivity index (χ1) is 10.1. The van der Waals surface area contributed by atoms with Crippen LogP contribution in [0.25, 0.3) is 0 Å². The largest absolute Gasteiger partial charge is 0.329 e. The highest BCUT2D eigenvalue weighted by molar-refractivity contribution is 5.95. The molecule has 2 heterocycles. The lowest BCUT2D eigenvalue weighted by Crippen LogP contribution is -2.56. The molecule has 1 aromatic rings. The van der Waals surface area contributed by atoms with Crippen molar-refractivity contribution in [1.82, 2.24) is 9.80 Å². The van der Waals surface area contributed by atoms with E-state index >= 15 is 0 Å². The number of fused-ring (bicyclic) bond motifs is 1. The quantitative estimate of drug-likeness (QED) is 0.887. The topological polar surface area (TPSA) is 66.6 Å². The summed E-state index contributed by atoms with van der Waals surface area (Å²) in [5, 5.41) is 0. The lowest BCUT2D eigenvalue weighted by molar-refractivity contribution is -0.154. The smallest absolute Gasteiger partial charge is 0.246 e. The van der Waals surface area contributed by atoms with Crippen LogP contribution < -0.4 is 5.73 Å². The maximum Gasteiger partial charge on any atom is 0.246 e. The number of nitrogens with two attached hydrogens (primary N) is 1. The molecule has 0 aromatic heterocycles. The van der Waals surface area contributed by atoms with E-state index in [9.17, 15) is 14.0 Å². The van der Waals surface area contributed by atoms with E-state index in [-0.39, 0.29) is 36.8 Å². The highest BCUT2D eigenvalue weighted by Crippen LogP contribution is 2.25. The molecule has 0 radical (unpaired) electrons.